The lowest BCUT2D eigenvalue weighted by Crippen LogP contribution is -2.29. The quantitative estimate of drug-likeness (QED) is 0.0358. The zero-order valence-corrected chi connectivity index (χ0v) is 33.6. The molecule has 1 unspecified atom stereocenters. The van der Waals surface area contributed by atoms with E-state index in [-0.39, 0.29) is 38.6 Å². The fourth-order valence-electron chi connectivity index (χ4n) is 6.11. The van der Waals surface area contributed by atoms with Gasteiger partial charge in [-0.05, 0) is 12.8 Å². The Hall–Kier alpha value is -0.990. The van der Waals surface area contributed by atoms with Crippen LogP contribution in [0.15, 0.2) is 0 Å². The predicted molar refractivity (Wildman–Crippen MR) is 206 cm³/mol. The Morgan fingerprint density at radius 1 is 0.520 bits per heavy atom. The van der Waals surface area contributed by atoms with Gasteiger partial charge in [0, 0.05) is 19.4 Å². The van der Waals surface area contributed by atoms with Crippen molar-refractivity contribution in [3.8, 4) is 0 Å². The van der Waals surface area contributed by atoms with Crippen LogP contribution < -0.4 is 5.73 Å². The maximum Gasteiger partial charge on any atom is 0.472 e. The van der Waals surface area contributed by atoms with Gasteiger partial charge in [-0.3, -0.25) is 18.6 Å². The second kappa shape index (κ2) is 37.8. The lowest BCUT2D eigenvalue weighted by molar-refractivity contribution is -0.161. The van der Waals surface area contributed by atoms with Crippen LogP contribution in [0.5, 0.6) is 0 Å². The molecule has 0 rings (SSSR count). The average molecular weight is 734 g/mol. The first-order valence-electron chi connectivity index (χ1n) is 21.0. The first-order chi connectivity index (χ1) is 24.3. The first kappa shape index (κ1) is 49.0. The van der Waals surface area contributed by atoms with E-state index in [0.717, 1.165) is 32.1 Å². The topological polar surface area (TPSA) is 134 Å². The zero-order valence-electron chi connectivity index (χ0n) is 32.7. The highest BCUT2D eigenvalue weighted by Gasteiger charge is 2.26. The molecule has 0 saturated heterocycles. The lowest BCUT2D eigenvalue weighted by Gasteiger charge is -2.19. The van der Waals surface area contributed by atoms with Crippen molar-refractivity contribution in [3.05, 3.63) is 0 Å². The molecule has 0 amide bonds. The Morgan fingerprint density at radius 2 is 0.860 bits per heavy atom. The SMILES string of the molecule is CCCCCCCCCCCCCCCCCCCCC(=O)O[C@H](COC(=O)CCCCCCCCCCCCC)COP(=O)(O)OCCN. The molecule has 10 heteroatoms. The van der Waals surface area contributed by atoms with Crippen LogP contribution in [0.4, 0.5) is 0 Å². The van der Waals surface area contributed by atoms with E-state index in [1.165, 1.54) is 148 Å². The molecule has 0 aliphatic carbocycles. The van der Waals surface area contributed by atoms with Gasteiger partial charge in [0.2, 0.25) is 0 Å². The molecular weight excluding hydrogens is 653 g/mol. The highest BCUT2D eigenvalue weighted by Crippen LogP contribution is 2.43. The Balaban J connectivity index is 4.09. The molecule has 298 valence electrons. The molecule has 0 radical (unpaired) electrons. The van der Waals surface area contributed by atoms with Gasteiger partial charge in [0.05, 0.1) is 13.2 Å². The summed E-state index contributed by atoms with van der Waals surface area (Å²) in [5, 5.41) is 0. The fraction of sp³-hybridized carbons (Fsp3) is 0.950. The molecule has 0 heterocycles. The predicted octanol–water partition coefficient (Wildman–Crippen LogP) is 11.7. The van der Waals surface area contributed by atoms with Gasteiger partial charge in [0.25, 0.3) is 0 Å². The molecule has 2 atom stereocenters. The second-order valence-corrected chi connectivity index (χ2v) is 15.7. The van der Waals surface area contributed by atoms with Gasteiger partial charge in [-0.15, -0.1) is 0 Å². The van der Waals surface area contributed by atoms with Gasteiger partial charge in [-0.25, -0.2) is 4.57 Å². The van der Waals surface area contributed by atoms with E-state index in [1.807, 2.05) is 0 Å². The van der Waals surface area contributed by atoms with Crippen LogP contribution in [0.3, 0.4) is 0 Å². The van der Waals surface area contributed by atoms with Crippen molar-refractivity contribution in [2.45, 2.75) is 219 Å². The summed E-state index contributed by atoms with van der Waals surface area (Å²) in [6.07, 6.45) is 35.6. The molecule has 0 spiro atoms. The number of hydrogen-bond acceptors (Lipinski definition) is 8. The van der Waals surface area contributed by atoms with Gasteiger partial charge in [0.1, 0.15) is 6.61 Å². The molecule has 9 nitrogen and oxygen atoms in total. The second-order valence-electron chi connectivity index (χ2n) is 14.2. The number of carbonyl (C=O) groups is 2. The Kier molecular flexibility index (Phi) is 37.0. The minimum absolute atomic E-state index is 0.0579. The summed E-state index contributed by atoms with van der Waals surface area (Å²) in [4.78, 5) is 34.8. The molecule has 0 aromatic carbocycles. The van der Waals surface area contributed by atoms with E-state index < -0.39 is 26.5 Å². The van der Waals surface area contributed by atoms with Crippen LogP contribution in [-0.2, 0) is 32.7 Å². The van der Waals surface area contributed by atoms with Crippen molar-refractivity contribution in [1.82, 2.24) is 0 Å². The summed E-state index contributed by atoms with van der Waals surface area (Å²) in [6, 6.07) is 0. The Bertz CT molecular complexity index is 799. The summed E-state index contributed by atoms with van der Waals surface area (Å²) < 4.78 is 32.7. The maximum atomic E-state index is 12.6. The zero-order chi connectivity index (χ0) is 36.8. The van der Waals surface area contributed by atoms with Gasteiger partial charge in [-0.2, -0.15) is 0 Å². The standard InChI is InChI=1S/C40H80NO8P/c1-3-5-7-9-11-13-15-16-17-18-19-20-21-23-25-27-29-31-33-40(43)49-38(37-48-50(44,45)47-35-34-41)36-46-39(42)32-30-28-26-24-22-14-12-10-8-6-4-2/h38H,3-37,41H2,1-2H3,(H,44,45)/t38-/m1/s1. The number of esters is 2. The first-order valence-corrected chi connectivity index (χ1v) is 22.5. The normalized spacial score (nSPS) is 13.3. The van der Waals surface area contributed by atoms with Crippen molar-refractivity contribution in [3.63, 3.8) is 0 Å². The smallest absolute Gasteiger partial charge is 0.462 e. The molecule has 0 aliphatic heterocycles. The van der Waals surface area contributed by atoms with Gasteiger partial charge in [0.15, 0.2) is 6.10 Å². The fourth-order valence-corrected chi connectivity index (χ4v) is 6.87. The molecule has 3 N–H and O–H groups in total. The van der Waals surface area contributed by atoms with Crippen LogP contribution in [0.1, 0.15) is 213 Å². The number of unbranched alkanes of at least 4 members (excludes halogenated alkanes) is 27. The number of ether oxygens (including phenoxy) is 2. The highest BCUT2D eigenvalue weighted by molar-refractivity contribution is 7.47. The Labute approximate surface area is 307 Å². The van der Waals surface area contributed by atoms with E-state index in [4.69, 9.17) is 24.3 Å². The minimum atomic E-state index is -4.36. The molecule has 0 aliphatic rings. The Morgan fingerprint density at radius 3 is 1.22 bits per heavy atom. The summed E-state index contributed by atoms with van der Waals surface area (Å²) in [6.45, 7) is 3.75. The summed E-state index contributed by atoms with van der Waals surface area (Å²) in [7, 11) is -4.36. The summed E-state index contributed by atoms with van der Waals surface area (Å²) >= 11 is 0. The number of hydrogen-bond donors (Lipinski definition) is 2. The number of carbonyl (C=O) groups excluding carboxylic acids is 2. The van der Waals surface area contributed by atoms with Crippen LogP contribution in [-0.4, -0.2) is 49.3 Å². The monoisotopic (exact) mass is 734 g/mol. The van der Waals surface area contributed by atoms with Gasteiger partial charge >= 0.3 is 19.8 Å². The van der Waals surface area contributed by atoms with Crippen molar-refractivity contribution >= 4 is 19.8 Å². The third-order valence-corrected chi connectivity index (χ3v) is 10.2. The number of phosphoric acid groups is 1. The third kappa shape index (κ3) is 36.8. The molecule has 0 aromatic heterocycles. The van der Waals surface area contributed by atoms with Crippen LogP contribution in [0, 0.1) is 0 Å². The molecule has 0 saturated carbocycles. The largest absolute Gasteiger partial charge is 0.472 e. The molecule has 0 fully saturated rings. The summed E-state index contributed by atoms with van der Waals surface area (Å²) in [5.74, 6) is -0.816. The van der Waals surface area contributed by atoms with Crippen LogP contribution in [0.2, 0.25) is 0 Å². The van der Waals surface area contributed by atoms with Crippen molar-refractivity contribution in [2.24, 2.45) is 5.73 Å². The summed E-state index contributed by atoms with van der Waals surface area (Å²) in [5.41, 5.74) is 5.34. The van der Waals surface area contributed by atoms with Gasteiger partial charge < -0.3 is 20.1 Å². The lowest BCUT2D eigenvalue weighted by atomic mass is 10.0. The van der Waals surface area contributed by atoms with E-state index >= 15 is 0 Å². The van der Waals surface area contributed by atoms with E-state index in [2.05, 4.69) is 13.8 Å². The van der Waals surface area contributed by atoms with Crippen LogP contribution in [0.25, 0.3) is 0 Å². The average Bonchev–Trinajstić information content (AvgIpc) is 3.10. The minimum Gasteiger partial charge on any atom is -0.462 e. The molecule has 50 heavy (non-hydrogen) atoms. The van der Waals surface area contributed by atoms with E-state index in [1.54, 1.807) is 0 Å². The number of nitrogens with two attached hydrogens (primary N) is 1. The highest BCUT2D eigenvalue weighted by atomic mass is 31.2. The van der Waals surface area contributed by atoms with Crippen molar-refractivity contribution in [1.29, 1.82) is 0 Å². The van der Waals surface area contributed by atoms with Crippen molar-refractivity contribution < 1.29 is 37.6 Å². The van der Waals surface area contributed by atoms with Crippen molar-refractivity contribution in [2.75, 3.05) is 26.4 Å². The molecule has 0 bridgehead atoms. The third-order valence-electron chi connectivity index (χ3n) is 9.24. The van der Waals surface area contributed by atoms with E-state index in [9.17, 15) is 19.0 Å². The number of phosphoric ester groups is 1. The van der Waals surface area contributed by atoms with Crippen LogP contribution >= 0.6 is 7.82 Å². The van der Waals surface area contributed by atoms with Gasteiger partial charge in [-0.1, -0.05) is 187 Å². The number of rotatable bonds is 40. The van der Waals surface area contributed by atoms with E-state index in [0.29, 0.717) is 6.42 Å². The maximum absolute atomic E-state index is 12.6. The molecule has 0 aromatic rings. The molecular formula is C40H80NO8P.